The largest absolute Gasteiger partial charge is 0.361 e. The zero-order valence-corrected chi connectivity index (χ0v) is 10.8. The third-order valence-electron chi connectivity index (χ3n) is 3.01. The van der Waals surface area contributed by atoms with Crippen LogP contribution in [0, 0.1) is 0 Å². The average Bonchev–Trinajstić information content (AvgIpc) is 2.81. The number of aromatic nitrogens is 1. The highest BCUT2D eigenvalue weighted by Crippen LogP contribution is 2.16. The number of carbonyl (C=O) groups excluding carboxylic acids is 1. The molecule has 1 aromatic carbocycles. The fourth-order valence-electron chi connectivity index (χ4n) is 2.01. The normalized spacial score (nSPS) is 10.8. The molecule has 1 aromatic heterocycles. The number of benzene rings is 1. The summed E-state index contributed by atoms with van der Waals surface area (Å²) in [5.41, 5.74) is 1.70. The van der Waals surface area contributed by atoms with Gasteiger partial charge in [-0.3, -0.25) is 4.79 Å². The highest BCUT2D eigenvalue weighted by molar-refractivity contribution is 5.98. The van der Waals surface area contributed by atoms with Gasteiger partial charge in [0.2, 0.25) is 0 Å². The highest BCUT2D eigenvalue weighted by atomic mass is 16.2. The van der Waals surface area contributed by atoms with Crippen molar-refractivity contribution in [2.24, 2.45) is 0 Å². The number of hydrogen-bond acceptors (Lipinski definition) is 1. The van der Waals surface area contributed by atoms with E-state index < -0.39 is 0 Å². The lowest BCUT2D eigenvalue weighted by Gasteiger charge is -2.25. The van der Waals surface area contributed by atoms with Crippen LogP contribution in [0.15, 0.2) is 43.1 Å². The minimum Gasteiger partial charge on any atom is -0.361 e. The van der Waals surface area contributed by atoms with Crippen molar-refractivity contribution in [3.05, 3.63) is 48.7 Å². The Hall–Kier alpha value is -2.03. The molecule has 0 atom stereocenters. The standard InChI is InChI=1S/C15H18N2O/c1-4-9-17(11(2)3)15(18)13-6-5-12-7-8-16-14(12)10-13/h4-8,10-11,16H,1,9H2,2-3H3. The van der Waals surface area contributed by atoms with Gasteiger partial charge in [-0.05, 0) is 37.4 Å². The van der Waals surface area contributed by atoms with Crippen molar-refractivity contribution < 1.29 is 4.79 Å². The van der Waals surface area contributed by atoms with Crippen LogP contribution in [0.2, 0.25) is 0 Å². The summed E-state index contributed by atoms with van der Waals surface area (Å²) in [5.74, 6) is 0.0430. The first-order valence-electron chi connectivity index (χ1n) is 6.12. The summed E-state index contributed by atoms with van der Waals surface area (Å²) < 4.78 is 0. The molecule has 0 saturated heterocycles. The van der Waals surface area contributed by atoms with Crippen molar-refractivity contribution in [1.29, 1.82) is 0 Å². The minimum absolute atomic E-state index is 0.0430. The van der Waals surface area contributed by atoms with Crippen LogP contribution in [0.25, 0.3) is 10.9 Å². The Labute approximate surface area is 107 Å². The third-order valence-corrected chi connectivity index (χ3v) is 3.01. The molecule has 0 aliphatic rings. The number of fused-ring (bicyclic) bond motifs is 1. The van der Waals surface area contributed by atoms with E-state index in [0.29, 0.717) is 12.1 Å². The van der Waals surface area contributed by atoms with E-state index in [1.807, 2.05) is 44.3 Å². The van der Waals surface area contributed by atoms with Crippen molar-refractivity contribution in [1.82, 2.24) is 9.88 Å². The molecule has 0 radical (unpaired) electrons. The van der Waals surface area contributed by atoms with E-state index >= 15 is 0 Å². The zero-order chi connectivity index (χ0) is 13.1. The fourth-order valence-corrected chi connectivity index (χ4v) is 2.01. The highest BCUT2D eigenvalue weighted by Gasteiger charge is 2.17. The average molecular weight is 242 g/mol. The van der Waals surface area contributed by atoms with Gasteiger partial charge >= 0.3 is 0 Å². The van der Waals surface area contributed by atoms with Gasteiger partial charge in [0.05, 0.1) is 0 Å². The fraction of sp³-hybridized carbons (Fsp3) is 0.267. The summed E-state index contributed by atoms with van der Waals surface area (Å²) in [4.78, 5) is 17.3. The maximum Gasteiger partial charge on any atom is 0.254 e. The van der Waals surface area contributed by atoms with Crippen LogP contribution in [0.1, 0.15) is 24.2 Å². The van der Waals surface area contributed by atoms with E-state index in [-0.39, 0.29) is 11.9 Å². The van der Waals surface area contributed by atoms with Crippen molar-refractivity contribution in [2.45, 2.75) is 19.9 Å². The van der Waals surface area contributed by atoms with E-state index in [1.54, 1.807) is 11.0 Å². The van der Waals surface area contributed by atoms with E-state index in [1.165, 1.54) is 0 Å². The van der Waals surface area contributed by atoms with Gasteiger partial charge in [-0.1, -0.05) is 12.1 Å². The summed E-state index contributed by atoms with van der Waals surface area (Å²) >= 11 is 0. The molecule has 0 aliphatic heterocycles. The predicted octanol–water partition coefficient (Wildman–Crippen LogP) is 3.20. The van der Waals surface area contributed by atoms with E-state index in [4.69, 9.17) is 0 Å². The molecule has 3 heteroatoms. The molecule has 2 aromatic rings. The van der Waals surface area contributed by atoms with Gasteiger partial charge in [0.1, 0.15) is 0 Å². The Bertz CT molecular complexity index is 569. The molecular formula is C15H18N2O. The SMILES string of the molecule is C=CCN(C(=O)c1ccc2cc[nH]c2c1)C(C)C. The lowest BCUT2D eigenvalue weighted by Crippen LogP contribution is -2.37. The first kappa shape index (κ1) is 12.4. The number of hydrogen-bond donors (Lipinski definition) is 1. The van der Waals surface area contributed by atoms with Crippen LogP contribution in [0.5, 0.6) is 0 Å². The number of nitrogens with zero attached hydrogens (tertiary/aromatic N) is 1. The Morgan fingerprint density at radius 2 is 2.22 bits per heavy atom. The maximum absolute atomic E-state index is 12.4. The topological polar surface area (TPSA) is 36.1 Å². The monoisotopic (exact) mass is 242 g/mol. The van der Waals surface area contributed by atoms with Gasteiger partial charge in [0, 0.05) is 29.9 Å². The second-order valence-corrected chi connectivity index (χ2v) is 4.62. The molecule has 0 saturated carbocycles. The van der Waals surface area contributed by atoms with Gasteiger partial charge in [-0.2, -0.15) is 0 Å². The molecule has 0 fully saturated rings. The Balaban J connectivity index is 2.33. The number of carbonyl (C=O) groups is 1. The van der Waals surface area contributed by atoms with E-state index in [0.717, 1.165) is 10.9 Å². The van der Waals surface area contributed by atoms with Crippen LogP contribution in [0.4, 0.5) is 0 Å². The number of nitrogens with one attached hydrogen (secondary N) is 1. The quantitative estimate of drug-likeness (QED) is 0.821. The van der Waals surface area contributed by atoms with Crippen molar-refractivity contribution in [3.8, 4) is 0 Å². The van der Waals surface area contributed by atoms with Crippen molar-refractivity contribution in [2.75, 3.05) is 6.54 Å². The predicted molar refractivity (Wildman–Crippen MR) is 74.7 cm³/mol. The molecular weight excluding hydrogens is 224 g/mol. The summed E-state index contributed by atoms with van der Waals surface area (Å²) in [5, 5.41) is 1.12. The Morgan fingerprint density at radius 3 is 2.89 bits per heavy atom. The van der Waals surface area contributed by atoms with E-state index in [9.17, 15) is 4.79 Å². The number of H-pyrrole nitrogens is 1. The number of amides is 1. The first-order valence-corrected chi connectivity index (χ1v) is 6.12. The molecule has 1 heterocycles. The van der Waals surface area contributed by atoms with Gasteiger partial charge in [-0.15, -0.1) is 6.58 Å². The van der Waals surface area contributed by atoms with Crippen LogP contribution < -0.4 is 0 Å². The van der Waals surface area contributed by atoms with Crippen LogP contribution in [-0.4, -0.2) is 28.4 Å². The van der Waals surface area contributed by atoms with Gasteiger partial charge in [0.25, 0.3) is 5.91 Å². The number of rotatable bonds is 4. The maximum atomic E-state index is 12.4. The molecule has 1 N–H and O–H groups in total. The Morgan fingerprint density at radius 1 is 1.44 bits per heavy atom. The minimum atomic E-state index is 0.0430. The molecule has 0 spiro atoms. The van der Waals surface area contributed by atoms with Crippen molar-refractivity contribution >= 4 is 16.8 Å². The van der Waals surface area contributed by atoms with Gasteiger partial charge in [0.15, 0.2) is 0 Å². The second kappa shape index (κ2) is 5.08. The second-order valence-electron chi connectivity index (χ2n) is 4.62. The lowest BCUT2D eigenvalue weighted by atomic mass is 10.1. The summed E-state index contributed by atoms with van der Waals surface area (Å²) in [6.45, 7) is 8.29. The van der Waals surface area contributed by atoms with Gasteiger partial charge in [-0.25, -0.2) is 0 Å². The summed E-state index contributed by atoms with van der Waals surface area (Å²) in [6, 6.07) is 7.89. The Kier molecular flexibility index (Phi) is 3.51. The third kappa shape index (κ3) is 2.30. The van der Waals surface area contributed by atoms with Crippen LogP contribution in [0.3, 0.4) is 0 Å². The molecule has 94 valence electrons. The summed E-state index contributed by atoms with van der Waals surface area (Å²) in [6.07, 6.45) is 3.63. The number of aromatic amines is 1. The van der Waals surface area contributed by atoms with Crippen LogP contribution >= 0.6 is 0 Å². The van der Waals surface area contributed by atoms with Crippen LogP contribution in [-0.2, 0) is 0 Å². The molecule has 1 amide bonds. The van der Waals surface area contributed by atoms with Gasteiger partial charge < -0.3 is 9.88 Å². The smallest absolute Gasteiger partial charge is 0.254 e. The first-order chi connectivity index (χ1) is 8.63. The summed E-state index contributed by atoms with van der Waals surface area (Å²) in [7, 11) is 0. The lowest BCUT2D eigenvalue weighted by molar-refractivity contribution is 0.0729. The zero-order valence-electron chi connectivity index (χ0n) is 10.8. The molecule has 3 nitrogen and oxygen atoms in total. The molecule has 0 unspecified atom stereocenters. The molecule has 18 heavy (non-hydrogen) atoms. The van der Waals surface area contributed by atoms with E-state index in [2.05, 4.69) is 11.6 Å². The molecule has 0 bridgehead atoms. The van der Waals surface area contributed by atoms with Crippen molar-refractivity contribution in [3.63, 3.8) is 0 Å². The molecule has 0 aliphatic carbocycles. The molecule has 2 rings (SSSR count).